The van der Waals surface area contributed by atoms with E-state index < -0.39 is 0 Å². The largest absolute Gasteiger partial charge is 0.299 e. The predicted molar refractivity (Wildman–Crippen MR) is 92.8 cm³/mol. The summed E-state index contributed by atoms with van der Waals surface area (Å²) in [4.78, 5) is 11.6. The van der Waals surface area contributed by atoms with Gasteiger partial charge in [0.2, 0.25) is 0 Å². The molecule has 3 aliphatic carbocycles. The Morgan fingerprint density at radius 2 is 1.45 bits per heavy atom. The zero-order valence-corrected chi connectivity index (χ0v) is 14.5. The van der Waals surface area contributed by atoms with E-state index in [1.165, 1.54) is 76.2 Å². The van der Waals surface area contributed by atoms with E-state index in [0.29, 0.717) is 5.78 Å². The molecule has 0 aromatic carbocycles. The zero-order chi connectivity index (χ0) is 15.4. The quantitative estimate of drug-likeness (QED) is 0.551. The molecule has 0 aromatic heterocycles. The first kappa shape index (κ1) is 16.3. The van der Waals surface area contributed by atoms with E-state index in [4.69, 9.17) is 0 Å². The van der Waals surface area contributed by atoms with Gasteiger partial charge < -0.3 is 0 Å². The molecule has 0 heterocycles. The average Bonchev–Trinajstić information content (AvgIpc) is 2.54. The summed E-state index contributed by atoms with van der Waals surface area (Å²) in [5.74, 6) is 3.49. The van der Waals surface area contributed by atoms with Crippen LogP contribution in [-0.4, -0.2) is 5.78 Å². The standard InChI is InChI=1S/C21H34O/c1-2-3-16-4-6-17(7-5-16)8-9-18-10-11-20-15-21(22)13-12-19(20)14-18/h16-18H,2-15H2,1H3. The van der Waals surface area contributed by atoms with Crippen molar-refractivity contribution in [2.24, 2.45) is 17.8 Å². The summed E-state index contributed by atoms with van der Waals surface area (Å²) in [5.41, 5.74) is 3.22. The van der Waals surface area contributed by atoms with E-state index in [2.05, 4.69) is 6.92 Å². The lowest BCUT2D eigenvalue weighted by Crippen LogP contribution is -2.19. The third kappa shape index (κ3) is 4.24. The Bertz CT molecular complexity index is 412. The highest BCUT2D eigenvalue weighted by Crippen LogP contribution is 2.40. The van der Waals surface area contributed by atoms with Gasteiger partial charge in [-0.25, -0.2) is 0 Å². The van der Waals surface area contributed by atoms with Gasteiger partial charge in [0.15, 0.2) is 0 Å². The summed E-state index contributed by atoms with van der Waals surface area (Å²) in [6.07, 6.45) is 18.4. The van der Waals surface area contributed by atoms with Crippen molar-refractivity contribution in [2.45, 2.75) is 96.8 Å². The van der Waals surface area contributed by atoms with Crippen molar-refractivity contribution in [2.75, 3.05) is 0 Å². The van der Waals surface area contributed by atoms with Crippen molar-refractivity contribution in [3.8, 4) is 0 Å². The van der Waals surface area contributed by atoms with Crippen molar-refractivity contribution >= 4 is 5.78 Å². The van der Waals surface area contributed by atoms with Crippen molar-refractivity contribution in [1.29, 1.82) is 0 Å². The van der Waals surface area contributed by atoms with Gasteiger partial charge in [0.25, 0.3) is 0 Å². The number of hydrogen-bond acceptors (Lipinski definition) is 1. The van der Waals surface area contributed by atoms with Crippen molar-refractivity contribution < 1.29 is 4.79 Å². The highest BCUT2D eigenvalue weighted by Gasteiger charge is 2.27. The summed E-state index contributed by atoms with van der Waals surface area (Å²) in [6.45, 7) is 2.33. The van der Waals surface area contributed by atoms with Crippen molar-refractivity contribution in [3.63, 3.8) is 0 Å². The molecule has 1 unspecified atom stereocenters. The second-order valence-electron chi connectivity index (χ2n) is 8.28. The first-order valence-corrected chi connectivity index (χ1v) is 9.96. The lowest BCUT2D eigenvalue weighted by molar-refractivity contribution is -0.118. The Morgan fingerprint density at radius 3 is 2.18 bits per heavy atom. The Labute approximate surface area is 136 Å². The molecule has 3 rings (SSSR count). The van der Waals surface area contributed by atoms with Crippen LogP contribution in [0.3, 0.4) is 0 Å². The van der Waals surface area contributed by atoms with Crippen molar-refractivity contribution in [3.05, 3.63) is 11.1 Å². The zero-order valence-electron chi connectivity index (χ0n) is 14.5. The van der Waals surface area contributed by atoms with Gasteiger partial charge in [-0.2, -0.15) is 0 Å². The van der Waals surface area contributed by atoms with Gasteiger partial charge in [0, 0.05) is 12.8 Å². The Hall–Kier alpha value is -0.590. The minimum atomic E-state index is 0.487. The molecular formula is C21H34O. The molecule has 1 fully saturated rings. The van der Waals surface area contributed by atoms with E-state index >= 15 is 0 Å². The molecule has 1 heteroatoms. The fourth-order valence-corrected chi connectivity index (χ4v) is 5.19. The third-order valence-corrected chi connectivity index (χ3v) is 6.65. The van der Waals surface area contributed by atoms with Gasteiger partial charge in [0.05, 0.1) is 0 Å². The van der Waals surface area contributed by atoms with E-state index in [9.17, 15) is 4.79 Å². The normalized spacial score (nSPS) is 33.0. The Kier molecular flexibility index (Phi) is 5.77. The summed E-state index contributed by atoms with van der Waals surface area (Å²) in [7, 11) is 0. The number of rotatable bonds is 5. The van der Waals surface area contributed by atoms with Crippen LogP contribution in [0.2, 0.25) is 0 Å². The maximum Gasteiger partial charge on any atom is 0.137 e. The minimum Gasteiger partial charge on any atom is -0.299 e. The smallest absolute Gasteiger partial charge is 0.137 e. The molecule has 0 aliphatic heterocycles. The van der Waals surface area contributed by atoms with Crippen LogP contribution in [0.15, 0.2) is 11.1 Å². The molecule has 0 amide bonds. The fourth-order valence-electron chi connectivity index (χ4n) is 5.19. The molecule has 1 atom stereocenters. The molecule has 0 bridgehead atoms. The fraction of sp³-hybridized carbons (Fsp3) is 0.857. The summed E-state index contributed by atoms with van der Waals surface area (Å²) in [6, 6.07) is 0. The first-order chi connectivity index (χ1) is 10.7. The van der Waals surface area contributed by atoms with Gasteiger partial charge in [-0.15, -0.1) is 0 Å². The summed E-state index contributed by atoms with van der Waals surface area (Å²) < 4.78 is 0. The molecular weight excluding hydrogens is 268 g/mol. The summed E-state index contributed by atoms with van der Waals surface area (Å²) in [5, 5.41) is 0. The molecule has 1 saturated carbocycles. The number of carbonyl (C=O) groups is 1. The molecule has 0 aromatic rings. The van der Waals surface area contributed by atoms with Gasteiger partial charge in [-0.1, -0.05) is 63.0 Å². The Morgan fingerprint density at radius 1 is 0.773 bits per heavy atom. The SMILES string of the molecule is CCCC1CCC(CCC2CCC3=C(CCC(=O)C3)C2)CC1. The first-order valence-electron chi connectivity index (χ1n) is 9.96. The van der Waals surface area contributed by atoms with Crippen LogP contribution in [0, 0.1) is 17.8 Å². The predicted octanol–water partition coefficient (Wildman–Crippen LogP) is 6.22. The Balaban J connectivity index is 1.39. The average molecular weight is 303 g/mol. The molecule has 0 saturated heterocycles. The van der Waals surface area contributed by atoms with Crippen LogP contribution in [0.1, 0.15) is 96.8 Å². The van der Waals surface area contributed by atoms with Crippen LogP contribution in [0.4, 0.5) is 0 Å². The number of ketones is 1. The monoisotopic (exact) mass is 302 g/mol. The number of carbonyl (C=O) groups excluding carboxylic acids is 1. The van der Waals surface area contributed by atoms with Gasteiger partial charge in [0.1, 0.15) is 5.78 Å². The number of allylic oxidation sites excluding steroid dienone is 2. The number of hydrogen-bond donors (Lipinski definition) is 0. The van der Waals surface area contributed by atoms with Gasteiger partial charge in [-0.05, 0) is 49.9 Å². The lowest BCUT2D eigenvalue weighted by Gasteiger charge is -2.32. The molecule has 0 spiro atoms. The molecule has 0 N–H and O–H groups in total. The second-order valence-corrected chi connectivity index (χ2v) is 8.28. The maximum absolute atomic E-state index is 11.6. The van der Waals surface area contributed by atoms with Crippen LogP contribution in [-0.2, 0) is 4.79 Å². The van der Waals surface area contributed by atoms with Crippen LogP contribution < -0.4 is 0 Å². The molecule has 1 nitrogen and oxygen atoms in total. The topological polar surface area (TPSA) is 17.1 Å². The molecule has 22 heavy (non-hydrogen) atoms. The second kappa shape index (κ2) is 7.79. The highest BCUT2D eigenvalue weighted by atomic mass is 16.1. The van der Waals surface area contributed by atoms with Crippen LogP contribution in [0.5, 0.6) is 0 Å². The lowest BCUT2D eigenvalue weighted by atomic mass is 9.73. The van der Waals surface area contributed by atoms with E-state index in [1.807, 2.05) is 0 Å². The van der Waals surface area contributed by atoms with E-state index in [1.54, 1.807) is 5.57 Å². The van der Waals surface area contributed by atoms with Gasteiger partial charge >= 0.3 is 0 Å². The van der Waals surface area contributed by atoms with E-state index in [0.717, 1.165) is 37.0 Å². The number of Topliss-reactive ketones (excluding diaryl/α,β-unsaturated/α-hetero) is 1. The van der Waals surface area contributed by atoms with Crippen LogP contribution >= 0.6 is 0 Å². The third-order valence-electron chi connectivity index (χ3n) is 6.65. The molecule has 3 aliphatic rings. The maximum atomic E-state index is 11.6. The minimum absolute atomic E-state index is 0.487. The van der Waals surface area contributed by atoms with Crippen molar-refractivity contribution in [1.82, 2.24) is 0 Å². The van der Waals surface area contributed by atoms with E-state index in [-0.39, 0.29) is 0 Å². The summed E-state index contributed by atoms with van der Waals surface area (Å²) >= 11 is 0. The molecule has 124 valence electrons. The van der Waals surface area contributed by atoms with Crippen LogP contribution in [0.25, 0.3) is 0 Å². The molecule has 0 radical (unpaired) electrons. The van der Waals surface area contributed by atoms with Gasteiger partial charge in [-0.3, -0.25) is 4.79 Å². The highest BCUT2D eigenvalue weighted by molar-refractivity contribution is 5.82.